The van der Waals surface area contributed by atoms with Gasteiger partial charge in [-0.25, -0.2) is 0 Å². The van der Waals surface area contributed by atoms with Crippen LogP contribution in [0, 0.1) is 0 Å². The van der Waals surface area contributed by atoms with Crippen molar-refractivity contribution >= 4 is 0 Å². The van der Waals surface area contributed by atoms with E-state index in [0.29, 0.717) is 0 Å². The second-order valence-corrected chi connectivity index (χ2v) is 5.03. The first-order chi connectivity index (χ1) is 10.3. The summed E-state index contributed by atoms with van der Waals surface area (Å²) < 4.78 is 6.10. The Morgan fingerprint density at radius 2 is 1.24 bits per heavy atom. The summed E-state index contributed by atoms with van der Waals surface area (Å²) in [5.41, 5.74) is 2.42. The van der Waals surface area contributed by atoms with E-state index in [-0.39, 0.29) is 6.10 Å². The Morgan fingerprint density at radius 1 is 0.810 bits per heavy atom. The molecule has 2 nitrogen and oxygen atoms in total. The first-order valence-electron chi connectivity index (χ1n) is 7.78. The van der Waals surface area contributed by atoms with Crippen LogP contribution in [0.3, 0.4) is 0 Å². The Kier molecular flexibility index (Phi) is 8.41. The molecule has 2 rings (SSSR count). The van der Waals surface area contributed by atoms with Crippen molar-refractivity contribution < 1.29 is 9.64 Å². The lowest BCUT2D eigenvalue weighted by Gasteiger charge is -2.19. The predicted molar refractivity (Wildman–Crippen MR) is 89.7 cm³/mol. The van der Waals surface area contributed by atoms with Gasteiger partial charge in [0.05, 0.1) is 20.7 Å². The molecule has 0 spiro atoms. The van der Waals surface area contributed by atoms with Gasteiger partial charge >= 0.3 is 0 Å². The maximum Gasteiger partial charge on any atom is 0.108 e. The van der Waals surface area contributed by atoms with Crippen LogP contribution in [0.25, 0.3) is 0 Å². The summed E-state index contributed by atoms with van der Waals surface area (Å²) in [5.74, 6) is 0. The molecule has 0 aliphatic carbocycles. The Morgan fingerprint density at radius 3 is 1.62 bits per heavy atom. The van der Waals surface area contributed by atoms with Crippen molar-refractivity contribution in [2.24, 2.45) is 0 Å². The fourth-order valence-electron chi connectivity index (χ4n) is 2.02. The van der Waals surface area contributed by atoms with Gasteiger partial charge in [0, 0.05) is 0 Å². The molecule has 0 aliphatic rings. The van der Waals surface area contributed by atoms with Gasteiger partial charge in [0.2, 0.25) is 0 Å². The van der Waals surface area contributed by atoms with E-state index in [2.05, 4.69) is 62.6 Å². The van der Waals surface area contributed by atoms with Crippen LogP contribution in [0.4, 0.5) is 0 Å². The minimum Gasteiger partial charge on any atom is -0.363 e. The largest absolute Gasteiger partial charge is 0.363 e. The minimum atomic E-state index is 0.0294. The predicted octanol–water partition coefficient (Wildman–Crippen LogP) is 2.96. The Balaban J connectivity index is 0.00000106. The summed E-state index contributed by atoms with van der Waals surface area (Å²) in [6.45, 7) is 5.77. The quantitative estimate of drug-likeness (QED) is 0.862. The molecular formula is C19H28NO+. The molecule has 0 atom stereocenters. The molecule has 21 heavy (non-hydrogen) atoms. The molecule has 0 heterocycles. The Labute approximate surface area is 129 Å². The lowest BCUT2D eigenvalue weighted by atomic mass is 10.0. The van der Waals surface area contributed by atoms with Gasteiger partial charge in [-0.15, -0.1) is 0 Å². The summed E-state index contributed by atoms with van der Waals surface area (Å²) in [6, 6.07) is 20.8. The SMILES string of the molecule is CC.C[NH+](C)CCOC(c1ccccc1)c1ccccc1. The third kappa shape index (κ3) is 6.11. The van der Waals surface area contributed by atoms with Gasteiger partial charge in [0.25, 0.3) is 0 Å². The number of likely N-dealkylation sites (N-methyl/N-ethyl adjacent to an activating group) is 1. The monoisotopic (exact) mass is 286 g/mol. The molecule has 0 saturated heterocycles. The van der Waals surface area contributed by atoms with Crippen LogP contribution in [0.5, 0.6) is 0 Å². The summed E-state index contributed by atoms with van der Waals surface area (Å²) in [4.78, 5) is 1.40. The van der Waals surface area contributed by atoms with E-state index in [4.69, 9.17) is 4.74 Å². The molecule has 1 N–H and O–H groups in total. The topological polar surface area (TPSA) is 13.7 Å². The van der Waals surface area contributed by atoms with Crippen LogP contribution < -0.4 is 4.90 Å². The molecule has 0 saturated carbocycles. The fraction of sp³-hybridized carbons (Fsp3) is 0.368. The molecule has 0 aliphatic heterocycles. The molecule has 0 aromatic heterocycles. The van der Waals surface area contributed by atoms with E-state index in [0.717, 1.165) is 13.2 Å². The van der Waals surface area contributed by atoms with Crippen LogP contribution in [0.1, 0.15) is 31.1 Å². The molecule has 2 heteroatoms. The van der Waals surface area contributed by atoms with Gasteiger partial charge in [0.1, 0.15) is 12.6 Å². The first-order valence-corrected chi connectivity index (χ1v) is 7.78. The van der Waals surface area contributed by atoms with Crippen LogP contribution >= 0.6 is 0 Å². The zero-order chi connectivity index (χ0) is 15.5. The van der Waals surface area contributed by atoms with Gasteiger partial charge in [-0.3, -0.25) is 0 Å². The van der Waals surface area contributed by atoms with Crippen molar-refractivity contribution in [3.05, 3.63) is 71.8 Å². The second kappa shape index (κ2) is 10.1. The number of quaternary nitrogens is 1. The van der Waals surface area contributed by atoms with Crippen LogP contribution in [-0.4, -0.2) is 27.2 Å². The van der Waals surface area contributed by atoms with Crippen molar-refractivity contribution in [3.63, 3.8) is 0 Å². The average molecular weight is 286 g/mol. The Hall–Kier alpha value is -1.64. The van der Waals surface area contributed by atoms with Crippen molar-refractivity contribution in [3.8, 4) is 0 Å². The van der Waals surface area contributed by atoms with Crippen molar-refractivity contribution in [1.82, 2.24) is 0 Å². The van der Waals surface area contributed by atoms with Gasteiger partial charge in [0.15, 0.2) is 0 Å². The maximum atomic E-state index is 6.10. The van der Waals surface area contributed by atoms with Crippen molar-refractivity contribution in [2.45, 2.75) is 20.0 Å². The molecule has 0 bridgehead atoms. The normalized spacial score (nSPS) is 10.4. The second-order valence-electron chi connectivity index (χ2n) is 5.03. The average Bonchev–Trinajstić information content (AvgIpc) is 2.55. The summed E-state index contributed by atoms with van der Waals surface area (Å²) in [5, 5.41) is 0. The third-order valence-corrected chi connectivity index (χ3v) is 3.09. The third-order valence-electron chi connectivity index (χ3n) is 3.09. The Bertz CT molecular complexity index is 428. The van der Waals surface area contributed by atoms with Crippen LogP contribution in [-0.2, 0) is 4.74 Å². The van der Waals surface area contributed by atoms with Crippen molar-refractivity contribution in [1.29, 1.82) is 0 Å². The number of rotatable bonds is 6. The highest BCUT2D eigenvalue weighted by atomic mass is 16.5. The first kappa shape index (κ1) is 17.4. The van der Waals surface area contributed by atoms with E-state index >= 15 is 0 Å². The van der Waals surface area contributed by atoms with Gasteiger partial charge in [-0.1, -0.05) is 74.5 Å². The lowest BCUT2D eigenvalue weighted by molar-refractivity contribution is -0.858. The number of hydrogen-bond acceptors (Lipinski definition) is 1. The molecule has 114 valence electrons. The summed E-state index contributed by atoms with van der Waals surface area (Å²) in [6.07, 6.45) is 0.0294. The van der Waals surface area contributed by atoms with Gasteiger partial charge in [-0.05, 0) is 11.1 Å². The van der Waals surface area contributed by atoms with E-state index in [9.17, 15) is 0 Å². The lowest BCUT2D eigenvalue weighted by Crippen LogP contribution is -3.06. The maximum absolute atomic E-state index is 6.10. The van der Waals surface area contributed by atoms with E-state index in [1.807, 2.05) is 26.0 Å². The van der Waals surface area contributed by atoms with Gasteiger partial charge in [-0.2, -0.15) is 0 Å². The fourth-order valence-corrected chi connectivity index (χ4v) is 2.02. The zero-order valence-corrected chi connectivity index (χ0v) is 13.7. The number of benzene rings is 2. The van der Waals surface area contributed by atoms with E-state index in [1.54, 1.807) is 0 Å². The molecule has 0 radical (unpaired) electrons. The van der Waals surface area contributed by atoms with Crippen LogP contribution in [0.2, 0.25) is 0 Å². The highest BCUT2D eigenvalue weighted by molar-refractivity contribution is 5.29. The highest BCUT2D eigenvalue weighted by Gasteiger charge is 2.14. The van der Waals surface area contributed by atoms with E-state index < -0.39 is 0 Å². The standard InChI is InChI=1S/C17H21NO.C2H6/c1-18(2)13-14-19-17(15-9-5-3-6-10-15)16-11-7-4-8-12-16;1-2/h3-12,17H,13-14H2,1-2H3;1-2H3/p+1. The smallest absolute Gasteiger partial charge is 0.108 e. The number of hydrogen-bond donors (Lipinski definition) is 1. The van der Waals surface area contributed by atoms with Crippen molar-refractivity contribution in [2.75, 3.05) is 27.2 Å². The molecular weight excluding hydrogens is 258 g/mol. The van der Waals surface area contributed by atoms with E-state index in [1.165, 1.54) is 16.0 Å². The summed E-state index contributed by atoms with van der Waals surface area (Å²) in [7, 11) is 4.28. The summed E-state index contributed by atoms with van der Waals surface area (Å²) >= 11 is 0. The minimum absolute atomic E-state index is 0.0294. The molecule has 2 aromatic carbocycles. The highest BCUT2D eigenvalue weighted by Crippen LogP contribution is 2.25. The molecule has 2 aromatic rings. The molecule has 0 unspecified atom stereocenters. The number of nitrogens with one attached hydrogen (secondary N) is 1. The van der Waals surface area contributed by atoms with Crippen LogP contribution in [0.15, 0.2) is 60.7 Å². The molecule has 0 amide bonds. The zero-order valence-electron chi connectivity index (χ0n) is 13.7. The van der Waals surface area contributed by atoms with Gasteiger partial charge < -0.3 is 9.64 Å². The molecule has 0 fully saturated rings. The number of ether oxygens (including phenoxy) is 1.